The van der Waals surface area contributed by atoms with E-state index in [9.17, 15) is 4.79 Å². The first-order valence-electron chi connectivity index (χ1n) is 10.6. The average molecular weight is 412 g/mol. The molecule has 2 aromatic carbocycles. The number of rotatable bonds is 4. The van der Waals surface area contributed by atoms with Crippen molar-refractivity contribution in [3.8, 4) is 0 Å². The van der Waals surface area contributed by atoms with Crippen LogP contribution in [-0.2, 0) is 6.54 Å². The topological polar surface area (TPSA) is 35.6 Å². The van der Waals surface area contributed by atoms with Crippen LogP contribution in [0.25, 0.3) is 0 Å². The molecule has 2 aliphatic rings. The number of likely N-dealkylation sites (tertiary alicyclic amines) is 2. The van der Waals surface area contributed by atoms with E-state index in [0.29, 0.717) is 18.6 Å². The monoisotopic (exact) mass is 411 g/mol. The minimum atomic E-state index is 0.0479. The highest BCUT2D eigenvalue weighted by Gasteiger charge is 2.54. The summed E-state index contributed by atoms with van der Waals surface area (Å²) in [5.41, 5.74) is 2.73. The predicted molar refractivity (Wildman–Crippen MR) is 118 cm³/mol. The minimum absolute atomic E-state index is 0.0479. The zero-order chi connectivity index (χ0) is 20.4. The summed E-state index contributed by atoms with van der Waals surface area (Å²) in [6, 6.07) is 19.4. The summed E-state index contributed by atoms with van der Waals surface area (Å²) < 4.78 is 0. The van der Waals surface area contributed by atoms with Gasteiger partial charge in [0.25, 0.3) is 0 Å². The Bertz CT molecular complexity index is 829. The van der Waals surface area contributed by atoms with Crippen molar-refractivity contribution >= 4 is 17.6 Å². The number of nitrogens with zero attached hydrogens (tertiary/aromatic N) is 2. The van der Waals surface area contributed by atoms with Crippen LogP contribution >= 0.6 is 11.6 Å². The second-order valence-electron chi connectivity index (χ2n) is 8.71. The first-order chi connectivity index (χ1) is 14.0. The second kappa shape index (κ2) is 8.37. The van der Waals surface area contributed by atoms with Crippen LogP contribution in [0.1, 0.15) is 43.9 Å². The Morgan fingerprint density at radius 1 is 1.10 bits per heavy atom. The van der Waals surface area contributed by atoms with Crippen molar-refractivity contribution < 1.29 is 4.79 Å². The average Bonchev–Trinajstić information content (AvgIpc) is 2.73. The summed E-state index contributed by atoms with van der Waals surface area (Å²) >= 11 is 6.12. The van der Waals surface area contributed by atoms with Crippen molar-refractivity contribution in [2.24, 2.45) is 5.41 Å². The zero-order valence-corrected chi connectivity index (χ0v) is 18.0. The molecule has 2 saturated heterocycles. The Morgan fingerprint density at radius 2 is 1.76 bits per heavy atom. The van der Waals surface area contributed by atoms with Gasteiger partial charge in [-0.05, 0) is 49.9 Å². The second-order valence-corrected chi connectivity index (χ2v) is 9.15. The fourth-order valence-corrected chi connectivity index (χ4v) is 5.05. The fraction of sp³-hybridized carbons (Fsp3) is 0.458. The lowest BCUT2D eigenvalue weighted by molar-refractivity contribution is -0.123. The first kappa shape index (κ1) is 20.2. The molecule has 2 aromatic rings. The van der Waals surface area contributed by atoms with Crippen LogP contribution in [0.2, 0.25) is 5.02 Å². The highest BCUT2D eigenvalue weighted by molar-refractivity contribution is 6.30. The standard InChI is InChI=1S/C24H30ClN3O/c1-18(2)28-17-24(22(28)20-8-10-21(25)11-9-20)12-14-27(15-13-24)23(29)26-16-19-6-4-3-5-7-19/h3-11,18,22H,12-17H2,1-2H3,(H,26,29). The van der Waals surface area contributed by atoms with Crippen molar-refractivity contribution in [1.82, 2.24) is 15.1 Å². The van der Waals surface area contributed by atoms with Crippen LogP contribution < -0.4 is 5.32 Å². The van der Waals surface area contributed by atoms with E-state index in [-0.39, 0.29) is 11.4 Å². The van der Waals surface area contributed by atoms with Gasteiger partial charge in [-0.3, -0.25) is 4.90 Å². The zero-order valence-electron chi connectivity index (χ0n) is 17.3. The molecule has 1 unspecified atom stereocenters. The highest BCUT2D eigenvalue weighted by Crippen LogP contribution is 2.55. The summed E-state index contributed by atoms with van der Waals surface area (Å²) in [6.07, 6.45) is 2.09. The van der Waals surface area contributed by atoms with E-state index in [1.54, 1.807) is 0 Å². The maximum atomic E-state index is 12.6. The van der Waals surface area contributed by atoms with Crippen molar-refractivity contribution in [3.63, 3.8) is 0 Å². The summed E-state index contributed by atoms with van der Waals surface area (Å²) in [6.45, 7) is 7.85. The number of benzene rings is 2. The van der Waals surface area contributed by atoms with Gasteiger partial charge in [0.1, 0.15) is 0 Å². The van der Waals surface area contributed by atoms with Gasteiger partial charge in [0.05, 0.1) is 0 Å². The van der Waals surface area contributed by atoms with Gasteiger partial charge >= 0.3 is 6.03 Å². The van der Waals surface area contributed by atoms with Crippen molar-refractivity contribution in [1.29, 1.82) is 0 Å². The third-order valence-electron chi connectivity index (χ3n) is 6.59. The fourth-order valence-electron chi connectivity index (χ4n) is 4.92. The van der Waals surface area contributed by atoms with E-state index >= 15 is 0 Å². The number of piperidine rings is 1. The number of nitrogens with one attached hydrogen (secondary N) is 1. The molecule has 154 valence electrons. The van der Waals surface area contributed by atoms with E-state index in [1.165, 1.54) is 5.56 Å². The maximum Gasteiger partial charge on any atom is 0.317 e. The van der Waals surface area contributed by atoms with E-state index in [0.717, 1.165) is 43.1 Å². The molecule has 4 rings (SSSR count). The van der Waals surface area contributed by atoms with Crippen LogP contribution in [0.5, 0.6) is 0 Å². The lowest BCUT2D eigenvalue weighted by Crippen LogP contribution is -2.64. The molecule has 4 nitrogen and oxygen atoms in total. The van der Waals surface area contributed by atoms with Gasteiger partial charge < -0.3 is 10.2 Å². The number of carbonyl (C=O) groups is 1. The molecule has 5 heteroatoms. The molecule has 1 spiro atoms. The number of hydrogen-bond acceptors (Lipinski definition) is 2. The van der Waals surface area contributed by atoms with Crippen LogP contribution in [0, 0.1) is 5.41 Å². The van der Waals surface area contributed by atoms with Crippen LogP contribution in [0.3, 0.4) is 0 Å². The van der Waals surface area contributed by atoms with Gasteiger partial charge in [-0.1, -0.05) is 54.1 Å². The SMILES string of the molecule is CC(C)N1CC2(CCN(C(=O)NCc3ccccc3)CC2)C1c1ccc(Cl)cc1. The third kappa shape index (κ3) is 4.15. The molecule has 2 heterocycles. The van der Waals surface area contributed by atoms with Gasteiger partial charge in [-0.25, -0.2) is 4.79 Å². The molecule has 0 bridgehead atoms. The third-order valence-corrected chi connectivity index (χ3v) is 6.84. The summed E-state index contributed by atoms with van der Waals surface area (Å²) in [5, 5.41) is 3.85. The molecule has 0 saturated carbocycles. The van der Waals surface area contributed by atoms with Gasteiger partial charge in [0.15, 0.2) is 0 Å². The van der Waals surface area contributed by atoms with E-state index in [4.69, 9.17) is 11.6 Å². The lowest BCUT2D eigenvalue weighted by atomic mass is 9.62. The predicted octanol–water partition coefficient (Wildman–Crippen LogP) is 5.10. The highest BCUT2D eigenvalue weighted by atomic mass is 35.5. The van der Waals surface area contributed by atoms with Crippen LogP contribution in [-0.4, -0.2) is 41.5 Å². The van der Waals surface area contributed by atoms with Crippen LogP contribution in [0.4, 0.5) is 4.79 Å². The quantitative estimate of drug-likeness (QED) is 0.759. The lowest BCUT2D eigenvalue weighted by Gasteiger charge is -2.62. The molecule has 1 atom stereocenters. The Balaban J connectivity index is 1.39. The minimum Gasteiger partial charge on any atom is -0.334 e. The van der Waals surface area contributed by atoms with E-state index in [2.05, 4.69) is 36.2 Å². The number of amides is 2. The Hall–Kier alpha value is -2.04. The molecule has 2 fully saturated rings. The number of urea groups is 1. The molecule has 2 aliphatic heterocycles. The first-order valence-corrected chi connectivity index (χ1v) is 10.9. The van der Waals surface area contributed by atoms with Crippen molar-refractivity contribution in [2.75, 3.05) is 19.6 Å². The summed E-state index contributed by atoms with van der Waals surface area (Å²) in [7, 11) is 0. The van der Waals surface area contributed by atoms with Gasteiger partial charge in [-0.2, -0.15) is 0 Å². The Kier molecular flexibility index (Phi) is 5.84. The molecule has 29 heavy (non-hydrogen) atoms. The number of halogens is 1. The van der Waals surface area contributed by atoms with Gasteiger partial charge in [-0.15, -0.1) is 0 Å². The molecule has 0 aromatic heterocycles. The molecule has 2 amide bonds. The van der Waals surface area contributed by atoms with Crippen molar-refractivity contribution in [2.45, 2.75) is 45.3 Å². The van der Waals surface area contributed by atoms with Crippen molar-refractivity contribution in [3.05, 3.63) is 70.7 Å². The Labute approximate surface area is 178 Å². The molecule has 0 radical (unpaired) electrons. The normalized spacial score (nSPS) is 21.2. The van der Waals surface area contributed by atoms with Gasteiger partial charge in [0, 0.05) is 48.7 Å². The molecular formula is C24H30ClN3O. The summed E-state index contributed by atoms with van der Waals surface area (Å²) in [4.78, 5) is 17.2. The van der Waals surface area contributed by atoms with Gasteiger partial charge in [0.2, 0.25) is 0 Å². The Morgan fingerprint density at radius 3 is 2.38 bits per heavy atom. The number of hydrogen-bond donors (Lipinski definition) is 1. The summed E-state index contributed by atoms with van der Waals surface area (Å²) in [5.74, 6) is 0. The van der Waals surface area contributed by atoms with E-state index < -0.39 is 0 Å². The molecule has 1 N–H and O–H groups in total. The molecule has 0 aliphatic carbocycles. The van der Waals surface area contributed by atoms with Crippen LogP contribution in [0.15, 0.2) is 54.6 Å². The van der Waals surface area contributed by atoms with E-state index in [1.807, 2.05) is 47.4 Å². The number of carbonyl (C=O) groups excluding carboxylic acids is 1. The molecular weight excluding hydrogens is 382 g/mol. The maximum absolute atomic E-state index is 12.6. The smallest absolute Gasteiger partial charge is 0.317 e. The largest absolute Gasteiger partial charge is 0.334 e.